The Balaban J connectivity index is 2.08. The van der Waals surface area contributed by atoms with Crippen LogP contribution in [0.1, 0.15) is 64.0 Å². The summed E-state index contributed by atoms with van der Waals surface area (Å²) in [6.45, 7) is 6.12. The molecular weight excluding hydrogens is 440 g/mol. The maximum Gasteiger partial charge on any atom is 0.347 e. The lowest BCUT2D eigenvalue weighted by Crippen LogP contribution is -2.40. The molecule has 0 radical (unpaired) electrons. The predicted octanol–water partition coefficient (Wildman–Crippen LogP) is 5.79. The minimum Gasteiger partial charge on any atom is -0.478 e. The fourth-order valence-electron chi connectivity index (χ4n) is 3.58. The van der Waals surface area contributed by atoms with Gasteiger partial charge in [0.05, 0.1) is 0 Å². The van der Waals surface area contributed by atoms with Crippen molar-refractivity contribution in [2.75, 3.05) is 13.1 Å². The first kappa shape index (κ1) is 27.3. The zero-order valence-electron chi connectivity index (χ0n) is 20.3. The Bertz CT molecular complexity index is 965. The fourth-order valence-corrected chi connectivity index (χ4v) is 3.58. The summed E-state index contributed by atoms with van der Waals surface area (Å²) in [4.78, 5) is 26.1. The lowest BCUT2D eigenvalue weighted by molar-refractivity contribution is -0.154. The minimum atomic E-state index is -1.32. The molecule has 2 rings (SSSR count). The molecule has 1 N–H and O–H groups in total. The van der Waals surface area contributed by atoms with E-state index in [-0.39, 0.29) is 5.91 Å². The normalized spacial score (nSPS) is 12.7. The minimum absolute atomic E-state index is 0.00723. The van der Waals surface area contributed by atoms with Crippen LogP contribution in [0.3, 0.4) is 0 Å². The van der Waals surface area contributed by atoms with Crippen molar-refractivity contribution in [3.63, 3.8) is 0 Å². The molecule has 0 spiro atoms. The summed E-state index contributed by atoms with van der Waals surface area (Å²) < 4.78 is 33.0. The second-order valence-corrected chi connectivity index (χ2v) is 8.71. The summed E-state index contributed by atoms with van der Waals surface area (Å²) >= 11 is 0. The SMILES string of the molecule is CCCCCC(=O)N(CCc1cccc(OC(C)(CC)C(=O)O)c1)CCc1ccc(F)cc1F. The van der Waals surface area contributed by atoms with Gasteiger partial charge >= 0.3 is 5.97 Å². The molecule has 34 heavy (non-hydrogen) atoms. The summed E-state index contributed by atoms with van der Waals surface area (Å²) in [6.07, 6.45) is 4.34. The van der Waals surface area contributed by atoms with E-state index < -0.39 is 23.2 Å². The third-order valence-corrected chi connectivity index (χ3v) is 6.05. The predicted molar refractivity (Wildman–Crippen MR) is 128 cm³/mol. The smallest absolute Gasteiger partial charge is 0.347 e. The molecule has 0 saturated carbocycles. The van der Waals surface area contributed by atoms with Crippen molar-refractivity contribution in [2.45, 2.75) is 71.3 Å². The fraction of sp³-hybridized carbons (Fsp3) is 0.481. The van der Waals surface area contributed by atoms with Crippen LogP contribution in [0.15, 0.2) is 42.5 Å². The highest BCUT2D eigenvalue weighted by Gasteiger charge is 2.33. The second kappa shape index (κ2) is 13.1. The van der Waals surface area contributed by atoms with Gasteiger partial charge in [0.1, 0.15) is 17.4 Å². The Labute approximate surface area is 200 Å². The molecular formula is C27H35F2NO4. The average Bonchev–Trinajstić information content (AvgIpc) is 2.80. The van der Waals surface area contributed by atoms with Crippen LogP contribution in [-0.2, 0) is 22.4 Å². The van der Waals surface area contributed by atoms with Crippen LogP contribution < -0.4 is 4.74 Å². The standard InChI is InChI=1S/C27H35F2NO4/c1-4-6-7-11-25(31)30(17-15-21-12-13-22(28)19-24(21)29)16-14-20-9-8-10-23(18-20)34-27(3,5-2)26(32)33/h8-10,12-13,18-19H,4-7,11,14-17H2,1-3H3,(H,32,33). The molecule has 0 fully saturated rings. The van der Waals surface area contributed by atoms with Gasteiger partial charge in [0.15, 0.2) is 0 Å². The van der Waals surface area contributed by atoms with E-state index in [9.17, 15) is 23.5 Å². The van der Waals surface area contributed by atoms with E-state index >= 15 is 0 Å². The Morgan fingerprint density at radius 2 is 1.76 bits per heavy atom. The van der Waals surface area contributed by atoms with Crippen molar-refractivity contribution in [2.24, 2.45) is 0 Å². The molecule has 1 amide bonds. The lowest BCUT2D eigenvalue weighted by atomic mass is 10.0. The monoisotopic (exact) mass is 475 g/mol. The number of benzene rings is 2. The highest BCUT2D eigenvalue weighted by atomic mass is 19.1. The lowest BCUT2D eigenvalue weighted by Gasteiger charge is -2.25. The Morgan fingerprint density at radius 3 is 2.41 bits per heavy atom. The zero-order chi connectivity index (χ0) is 25.1. The quantitative estimate of drug-likeness (QED) is 0.351. The second-order valence-electron chi connectivity index (χ2n) is 8.71. The average molecular weight is 476 g/mol. The molecule has 2 aromatic rings. The molecule has 0 saturated heterocycles. The van der Waals surface area contributed by atoms with Gasteiger partial charge in [-0.3, -0.25) is 4.79 Å². The number of aliphatic carboxylic acids is 1. The van der Waals surface area contributed by atoms with E-state index in [1.54, 1.807) is 30.0 Å². The van der Waals surface area contributed by atoms with Crippen LogP contribution in [0.5, 0.6) is 5.75 Å². The van der Waals surface area contributed by atoms with Crippen molar-refractivity contribution in [3.8, 4) is 5.75 Å². The third-order valence-electron chi connectivity index (χ3n) is 6.05. The first-order valence-electron chi connectivity index (χ1n) is 11.9. The van der Waals surface area contributed by atoms with Crippen molar-refractivity contribution in [1.29, 1.82) is 0 Å². The van der Waals surface area contributed by atoms with Crippen LogP contribution in [0, 0.1) is 11.6 Å². The van der Waals surface area contributed by atoms with Crippen molar-refractivity contribution in [3.05, 3.63) is 65.2 Å². The van der Waals surface area contributed by atoms with E-state index in [4.69, 9.17) is 4.74 Å². The molecule has 7 heteroatoms. The van der Waals surface area contributed by atoms with E-state index in [0.29, 0.717) is 50.1 Å². The van der Waals surface area contributed by atoms with Gasteiger partial charge in [-0.25, -0.2) is 13.6 Å². The van der Waals surface area contributed by atoms with Crippen LogP contribution in [-0.4, -0.2) is 40.6 Å². The highest BCUT2D eigenvalue weighted by molar-refractivity contribution is 5.77. The first-order valence-corrected chi connectivity index (χ1v) is 11.9. The molecule has 1 atom stereocenters. The van der Waals surface area contributed by atoms with Crippen LogP contribution in [0.2, 0.25) is 0 Å². The molecule has 1 unspecified atom stereocenters. The summed E-state index contributed by atoms with van der Waals surface area (Å²) in [5.74, 6) is -1.80. The maximum atomic E-state index is 14.1. The van der Waals surface area contributed by atoms with Crippen LogP contribution >= 0.6 is 0 Å². The molecule has 0 aliphatic heterocycles. The number of rotatable bonds is 14. The summed E-state index contributed by atoms with van der Waals surface area (Å²) in [5.41, 5.74) is -0.0459. The number of carboxylic acid groups (broad SMARTS) is 1. The maximum absolute atomic E-state index is 14.1. The van der Waals surface area contributed by atoms with Gasteiger partial charge < -0.3 is 14.7 Å². The number of nitrogens with zero attached hydrogens (tertiary/aromatic N) is 1. The Hall–Kier alpha value is -2.96. The number of carbonyl (C=O) groups is 2. The molecule has 0 aliphatic carbocycles. The molecule has 0 aliphatic rings. The van der Waals surface area contributed by atoms with Gasteiger partial charge in [-0.2, -0.15) is 0 Å². The van der Waals surface area contributed by atoms with Gasteiger partial charge in [-0.1, -0.05) is 44.9 Å². The largest absolute Gasteiger partial charge is 0.478 e. The number of carboxylic acids is 1. The van der Waals surface area contributed by atoms with E-state index in [2.05, 4.69) is 6.92 Å². The van der Waals surface area contributed by atoms with Gasteiger partial charge in [0.25, 0.3) is 0 Å². The number of amides is 1. The third kappa shape index (κ3) is 8.12. The number of carbonyl (C=O) groups excluding carboxylic acids is 1. The van der Waals surface area contributed by atoms with E-state index in [1.807, 2.05) is 6.07 Å². The molecule has 0 heterocycles. The number of ether oxygens (including phenoxy) is 1. The van der Waals surface area contributed by atoms with E-state index in [0.717, 1.165) is 30.9 Å². The summed E-state index contributed by atoms with van der Waals surface area (Å²) in [5, 5.41) is 9.46. The zero-order valence-corrected chi connectivity index (χ0v) is 20.3. The van der Waals surface area contributed by atoms with Gasteiger partial charge in [0, 0.05) is 25.6 Å². The highest BCUT2D eigenvalue weighted by Crippen LogP contribution is 2.23. The van der Waals surface area contributed by atoms with Crippen molar-refractivity contribution in [1.82, 2.24) is 4.90 Å². The number of halogens is 2. The first-order chi connectivity index (χ1) is 16.2. The van der Waals surface area contributed by atoms with Crippen LogP contribution in [0.25, 0.3) is 0 Å². The number of unbranched alkanes of at least 4 members (excludes halogenated alkanes) is 2. The summed E-state index contributed by atoms with van der Waals surface area (Å²) in [7, 11) is 0. The topological polar surface area (TPSA) is 66.8 Å². The Kier molecular flexibility index (Phi) is 10.5. The van der Waals surface area contributed by atoms with Gasteiger partial charge in [-0.05, 0) is 61.9 Å². The molecule has 2 aromatic carbocycles. The van der Waals surface area contributed by atoms with Crippen molar-refractivity contribution < 1.29 is 28.2 Å². The number of hydrogen-bond acceptors (Lipinski definition) is 3. The van der Waals surface area contributed by atoms with E-state index in [1.165, 1.54) is 19.1 Å². The van der Waals surface area contributed by atoms with Crippen LogP contribution in [0.4, 0.5) is 8.78 Å². The number of hydrogen-bond donors (Lipinski definition) is 1. The molecule has 0 aromatic heterocycles. The Morgan fingerprint density at radius 1 is 1.03 bits per heavy atom. The van der Waals surface area contributed by atoms with Crippen molar-refractivity contribution >= 4 is 11.9 Å². The van der Waals surface area contributed by atoms with Gasteiger partial charge in [-0.15, -0.1) is 0 Å². The molecule has 186 valence electrons. The molecule has 5 nitrogen and oxygen atoms in total. The molecule has 0 bridgehead atoms. The summed E-state index contributed by atoms with van der Waals surface area (Å²) in [6, 6.07) is 10.7. The van der Waals surface area contributed by atoms with Gasteiger partial charge in [0.2, 0.25) is 11.5 Å².